The molecule has 1 unspecified atom stereocenters. The summed E-state index contributed by atoms with van der Waals surface area (Å²) in [5, 5.41) is 15.0. The van der Waals surface area contributed by atoms with Gasteiger partial charge in [0.15, 0.2) is 0 Å². The average molecular weight is 473 g/mol. The van der Waals surface area contributed by atoms with Crippen LogP contribution in [0.1, 0.15) is 34.8 Å². The monoisotopic (exact) mass is 472 g/mol. The van der Waals surface area contributed by atoms with E-state index in [1.165, 1.54) is 5.56 Å². The molecule has 7 nitrogen and oxygen atoms in total. The van der Waals surface area contributed by atoms with Gasteiger partial charge in [-0.05, 0) is 56.5 Å². The van der Waals surface area contributed by atoms with Crippen molar-refractivity contribution in [1.82, 2.24) is 4.90 Å². The lowest BCUT2D eigenvalue weighted by Gasteiger charge is -2.36. The lowest BCUT2D eigenvalue weighted by atomic mass is 10.1. The first kappa shape index (κ1) is 24.3. The van der Waals surface area contributed by atoms with Crippen molar-refractivity contribution in [2.24, 2.45) is 0 Å². The summed E-state index contributed by atoms with van der Waals surface area (Å²) in [7, 11) is 0. The van der Waals surface area contributed by atoms with Crippen molar-refractivity contribution >= 4 is 23.0 Å². The third-order valence-electron chi connectivity index (χ3n) is 6.52. The summed E-state index contributed by atoms with van der Waals surface area (Å²) in [5.41, 5.74) is 4.62. The fourth-order valence-electron chi connectivity index (χ4n) is 4.41. The van der Waals surface area contributed by atoms with E-state index in [9.17, 15) is 14.9 Å². The number of anilines is 2. The molecule has 1 N–H and O–H groups in total. The third kappa shape index (κ3) is 6.18. The number of piperazine rings is 1. The van der Waals surface area contributed by atoms with Gasteiger partial charge in [-0.1, -0.05) is 48.0 Å². The highest BCUT2D eigenvalue weighted by atomic mass is 16.6. The quantitative estimate of drug-likeness (QED) is 0.356. The molecule has 182 valence electrons. The molecule has 0 spiro atoms. The fourth-order valence-corrected chi connectivity index (χ4v) is 4.41. The van der Waals surface area contributed by atoms with Crippen LogP contribution in [0.15, 0.2) is 72.8 Å². The minimum absolute atomic E-state index is 0.0444. The molecule has 3 aromatic carbocycles. The maximum atomic E-state index is 12.8. The Kier molecular flexibility index (Phi) is 7.65. The molecular formula is C28H32N4O3. The molecule has 4 rings (SSSR count). The van der Waals surface area contributed by atoms with E-state index in [1.807, 2.05) is 60.4 Å². The minimum atomic E-state index is -0.339. The van der Waals surface area contributed by atoms with Crippen LogP contribution in [0.2, 0.25) is 0 Å². The van der Waals surface area contributed by atoms with Gasteiger partial charge < -0.3 is 15.1 Å². The van der Waals surface area contributed by atoms with E-state index in [0.29, 0.717) is 37.4 Å². The SMILES string of the molecule is Cc1ccc(C(=O)N2CCN(c3ccc([N+](=O)[O-])c(NC(C)CCc4ccccc4)c3)CC2)cc1. The Morgan fingerprint density at radius 3 is 2.34 bits per heavy atom. The summed E-state index contributed by atoms with van der Waals surface area (Å²) >= 11 is 0. The number of nitro benzene ring substituents is 1. The van der Waals surface area contributed by atoms with Gasteiger partial charge in [-0.3, -0.25) is 14.9 Å². The largest absolute Gasteiger partial charge is 0.377 e. The number of rotatable bonds is 8. The van der Waals surface area contributed by atoms with Crippen molar-refractivity contribution in [2.45, 2.75) is 32.7 Å². The van der Waals surface area contributed by atoms with Crippen LogP contribution in [0.4, 0.5) is 17.1 Å². The second-order valence-corrected chi connectivity index (χ2v) is 9.17. The van der Waals surface area contributed by atoms with Crippen LogP contribution in [0.3, 0.4) is 0 Å². The number of nitrogens with zero attached hydrogens (tertiary/aromatic N) is 3. The van der Waals surface area contributed by atoms with Crippen molar-refractivity contribution < 1.29 is 9.72 Å². The molecule has 7 heteroatoms. The molecule has 0 saturated carbocycles. The molecule has 1 aliphatic heterocycles. The van der Waals surface area contributed by atoms with Crippen molar-refractivity contribution in [2.75, 3.05) is 36.4 Å². The van der Waals surface area contributed by atoms with Gasteiger partial charge >= 0.3 is 0 Å². The number of carbonyl (C=O) groups excluding carboxylic acids is 1. The Balaban J connectivity index is 1.40. The maximum Gasteiger partial charge on any atom is 0.292 e. The second kappa shape index (κ2) is 11.0. The molecule has 1 amide bonds. The predicted octanol–water partition coefficient (Wildman–Crippen LogP) is 5.30. The highest BCUT2D eigenvalue weighted by molar-refractivity contribution is 5.94. The molecular weight excluding hydrogens is 440 g/mol. The third-order valence-corrected chi connectivity index (χ3v) is 6.52. The number of hydrogen-bond donors (Lipinski definition) is 1. The van der Waals surface area contributed by atoms with E-state index < -0.39 is 0 Å². The first-order valence-corrected chi connectivity index (χ1v) is 12.1. The zero-order chi connectivity index (χ0) is 24.8. The summed E-state index contributed by atoms with van der Waals surface area (Å²) in [6, 6.07) is 23.2. The predicted molar refractivity (Wildman–Crippen MR) is 140 cm³/mol. The molecule has 1 atom stereocenters. The van der Waals surface area contributed by atoms with Gasteiger partial charge in [-0.2, -0.15) is 0 Å². The molecule has 35 heavy (non-hydrogen) atoms. The Labute approximate surface area is 206 Å². The Bertz CT molecular complexity index is 1160. The standard InChI is InChI=1S/C28H32N4O3/c1-21-8-12-24(13-9-21)28(33)31-18-16-30(17-19-31)25-14-15-27(32(34)35)26(20-25)29-22(2)10-11-23-6-4-3-5-7-23/h3-9,12-15,20,22,29H,10-11,16-19H2,1-2H3. The molecule has 1 saturated heterocycles. The summed E-state index contributed by atoms with van der Waals surface area (Å²) in [5.74, 6) is 0.0444. The van der Waals surface area contributed by atoms with Crippen LogP contribution >= 0.6 is 0 Å². The first-order chi connectivity index (χ1) is 16.9. The van der Waals surface area contributed by atoms with E-state index in [4.69, 9.17) is 0 Å². The topological polar surface area (TPSA) is 78.7 Å². The van der Waals surface area contributed by atoms with Crippen LogP contribution in [-0.4, -0.2) is 48.0 Å². The van der Waals surface area contributed by atoms with E-state index >= 15 is 0 Å². The minimum Gasteiger partial charge on any atom is -0.377 e. The number of amides is 1. The van der Waals surface area contributed by atoms with E-state index in [-0.39, 0.29) is 22.6 Å². The van der Waals surface area contributed by atoms with E-state index in [2.05, 4.69) is 29.3 Å². The number of carbonyl (C=O) groups is 1. The molecule has 0 aliphatic carbocycles. The van der Waals surface area contributed by atoms with Crippen LogP contribution in [0, 0.1) is 17.0 Å². The zero-order valence-corrected chi connectivity index (χ0v) is 20.3. The van der Waals surface area contributed by atoms with Gasteiger partial charge in [0.1, 0.15) is 5.69 Å². The van der Waals surface area contributed by atoms with E-state index in [0.717, 1.165) is 24.1 Å². The van der Waals surface area contributed by atoms with Gasteiger partial charge in [0.2, 0.25) is 0 Å². The van der Waals surface area contributed by atoms with E-state index in [1.54, 1.807) is 12.1 Å². The Morgan fingerprint density at radius 1 is 1.00 bits per heavy atom. The molecule has 3 aromatic rings. The van der Waals surface area contributed by atoms with Crippen molar-refractivity contribution in [3.05, 3.63) is 99.6 Å². The van der Waals surface area contributed by atoms with Crippen molar-refractivity contribution in [1.29, 1.82) is 0 Å². The van der Waals surface area contributed by atoms with Crippen LogP contribution in [0.25, 0.3) is 0 Å². The average Bonchev–Trinajstić information content (AvgIpc) is 2.88. The second-order valence-electron chi connectivity index (χ2n) is 9.17. The van der Waals surface area contributed by atoms with Crippen LogP contribution < -0.4 is 10.2 Å². The fraction of sp³-hybridized carbons (Fsp3) is 0.321. The molecule has 1 fully saturated rings. The first-order valence-electron chi connectivity index (χ1n) is 12.1. The van der Waals surface area contributed by atoms with Gasteiger partial charge in [0.25, 0.3) is 11.6 Å². The smallest absolute Gasteiger partial charge is 0.292 e. The Hall–Kier alpha value is -3.87. The summed E-state index contributed by atoms with van der Waals surface area (Å²) < 4.78 is 0. The lowest BCUT2D eigenvalue weighted by molar-refractivity contribution is -0.384. The summed E-state index contributed by atoms with van der Waals surface area (Å²) in [4.78, 5) is 28.2. The molecule has 1 heterocycles. The lowest BCUT2D eigenvalue weighted by Crippen LogP contribution is -2.48. The number of nitro groups is 1. The van der Waals surface area contributed by atoms with Crippen molar-refractivity contribution in [3.63, 3.8) is 0 Å². The van der Waals surface area contributed by atoms with Gasteiger partial charge in [-0.25, -0.2) is 0 Å². The number of benzene rings is 3. The number of nitrogens with one attached hydrogen (secondary N) is 1. The number of hydrogen-bond acceptors (Lipinski definition) is 5. The van der Waals surface area contributed by atoms with Gasteiger partial charge in [0.05, 0.1) is 4.92 Å². The molecule has 1 aliphatic rings. The highest BCUT2D eigenvalue weighted by Crippen LogP contribution is 2.31. The normalized spacial score (nSPS) is 14.5. The number of aryl methyl sites for hydroxylation is 2. The van der Waals surface area contributed by atoms with Crippen LogP contribution in [-0.2, 0) is 6.42 Å². The Morgan fingerprint density at radius 2 is 1.69 bits per heavy atom. The molecule has 0 aromatic heterocycles. The van der Waals surface area contributed by atoms with Crippen LogP contribution in [0.5, 0.6) is 0 Å². The summed E-state index contributed by atoms with van der Waals surface area (Å²) in [6.45, 7) is 6.63. The maximum absolute atomic E-state index is 12.8. The molecule has 0 bridgehead atoms. The highest BCUT2D eigenvalue weighted by Gasteiger charge is 2.24. The van der Waals surface area contributed by atoms with Gasteiger partial charge in [0, 0.05) is 49.5 Å². The van der Waals surface area contributed by atoms with Gasteiger partial charge in [-0.15, -0.1) is 0 Å². The zero-order valence-electron chi connectivity index (χ0n) is 20.3. The summed E-state index contributed by atoms with van der Waals surface area (Å²) in [6.07, 6.45) is 1.77. The van der Waals surface area contributed by atoms with Crippen molar-refractivity contribution in [3.8, 4) is 0 Å². The molecule has 0 radical (unpaired) electrons.